The summed E-state index contributed by atoms with van der Waals surface area (Å²) in [7, 11) is -3.13. The Labute approximate surface area is 115 Å². The minimum atomic E-state index is -3.13. The zero-order chi connectivity index (χ0) is 13.6. The van der Waals surface area contributed by atoms with Crippen molar-refractivity contribution >= 4 is 10.0 Å². The van der Waals surface area contributed by atoms with Gasteiger partial charge in [-0.3, -0.25) is 0 Å². The average Bonchev–Trinajstić information content (AvgIpc) is 2.46. The van der Waals surface area contributed by atoms with Gasteiger partial charge in [-0.2, -0.15) is 0 Å². The Kier molecular flexibility index (Phi) is 5.36. The van der Waals surface area contributed by atoms with Gasteiger partial charge in [-0.1, -0.05) is 30.3 Å². The Hall–Kier alpha value is -0.910. The van der Waals surface area contributed by atoms with E-state index in [1.807, 2.05) is 18.2 Å². The molecule has 1 aliphatic rings. The Morgan fingerprint density at radius 3 is 2.53 bits per heavy atom. The maximum Gasteiger partial charge on any atom is 0.214 e. The fourth-order valence-corrected chi connectivity index (χ4v) is 3.90. The van der Waals surface area contributed by atoms with Crippen LogP contribution in [0.15, 0.2) is 30.3 Å². The smallest absolute Gasteiger partial charge is 0.214 e. The first-order chi connectivity index (χ1) is 9.18. The number of benzene rings is 1. The third kappa shape index (κ3) is 4.60. The molecule has 0 bridgehead atoms. The normalized spacial score (nSPS) is 17.5. The lowest BCUT2D eigenvalue weighted by Gasteiger charge is -2.22. The molecule has 0 aliphatic carbocycles. The lowest BCUT2D eigenvalue weighted by molar-refractivity contribution is 0.489. The van der Waals surface area contributed by atoms with E-state index in [0.717, 1.165) is 25.9 Å². The van der Waals surface area contributed by atoms with Gasteiger partial charge in [-0.25, -0.2) is 13.1 Å². The first kappa shape index (κ1) is 14.5. The summed E-state index contributed by atoms with van der Waals surface area (Å²) in [5.74, 6) is 0. The molecule has 0 amide bonds. The van der Waals surface area contributed by atoms with Crippen LogP contribution in [0.5, 0.6) is 0 Å². The van der Waals surface area contributed by atoms with E-state index in [9.17, 15) is 8.42 Å². The Morgan fingerprint density at radius 2 is 1.84 bits per heavy atom. The summed E-state index contributed by atoms with van der Waals surface area (Å²) >= 11 is 0. The molecule has 0 unspecified atom stereocenters. The van der Waals surface area contributed by atoms with Gasteiger partial charge in [0.1, 0.15) is 0 Å². The van der Waals surface area contributed by atoms with E-state index in [0.29, 0.717) is 19.4 Å². The quantitative estimate of drug-likeness (QED) is 0.773. The lowest BCUT2D eigenvalue weighted by Crippen LogP contribution is -2.41. The van der Waals surface area contributed by atoms with Gasteiger partial charge in [0.05, 0.1) is 5.25 Å². The van der Waals surface area contributed by atoms with Crippen molar-refractivity contribution in [1.82, 2.24) is 10.0 Å². The predicted molar refractivity (Wildman–Crippen MR) is 77.6 cm³/mol. The summed E-state index contributed by atoms with van der Waals surface area (Å²) in [6.45, 7) is 2.13. The fourth-order valence-electron chi connectivity index (χ4n) is 2.38. The molecule has 2 rings (SSSR count). The molecule has 0 atom stereocenters. The number of sulfonamides is 1. The third-order valence-corrected chi connectivity index (χ3v) is 5.47. The Morgan fingerprint density at radius 1 is 1.16 bits per heavy atom. The zero-order valence-corrected chi connectivity index (χ0v) is 12.0. The molecule has 1 aromatic rings. The molecule has 5 heteroatoms. The van der Waals surface area contributed by atoms with Crippen molar-refractivity contribution in [3.63, 3.8) is 0 Å². The highest BCUT2D eigenvalue weighted by Gasteiger charge is 2.26. The second kappa shape index (κ2) is 7.03. The number of hydrogen-bond donors (Lipinski definition) is 2. The average molecular weight is 282 g/mol. The maximum absolute atomic E-state index is 12.1. The van der Waals surface area contributed by atoms with Crippen molar-refractivity contribution in [2.75, 3.05) is 19.6 Å². The van der Waals surface area contributed by atoms with Gasteiger partial charge >= 0.3 is 0 Å². The summed E-state index contributed by atoms with van der Waals surface area (Å²) in [5, 5.41) is 2.97. The molecular weight excluding hydrogens is 260 g/mol. The summed E-state index contributed by atoms with van der Waals surface area (Å²) in [6, 6.07) is 10.1. The predicted octanol–water partition coefficient (Wildman–Crippen LogP) is 1.29. The van der Waals surface area contributed by atoms with Crippen LogP contribution in [-0.2, 0) is 16.4 Å². The van der Waals surface area contributed by atoms with E-state index in [4.69, 9.17) is 0 Å². The monoisotopic (exact) mass is 282 g/mol. The summed E-state index contributed by atoms with van der Waals surface area (Å²) in [6.07, 6.45) is 3.19. The highest BCUT2D eigenvalue weighted by Crippen LogP contribution is 2.12. The first-order valence-corrected chi connectivity index (χ1v) is 8.46. The highest BCUT2D eigenvalue weighted by molar-refractivity contribution is 7.90. The second-order valence-corrected chi connectivity index (χ2v) is 7.02. The number of nitrogens with one attached hydrogen (secondary N) is 2. The molecule has 0 spiro atoms. The fraction of sp³-hybridized carbons (Fsp3) is 0.571. The molecule has 1 fully saturated rings. The van der Waals surface area contributed by atoms with Gasteiger partial charge in [-0.15, -0.1) is 0 Å². The van der Waals surface area contributed by atoms with E-state index >= 15 is 0 Å². The van der Waals surface area contributed by atoms with Gasteiger partial charge in [0.25, 0.3) is 0 Å². The van der Waals surface area contributed by atoms with Crippen LogP contribution in [0.2, 0.25) is 0 Å². The minimum Gasteiger partial charge on any atom is -0.317 e. The largest absolute Gasteiger partial charge is 0.317 e. The topological polar surface area (TPSA) is 58.2 Å². The van der Waals surface area contributed by atoms with E-state index in [2.05, 4.69) is 22.2 Å². The second-order valence-electron chi connectivity index (χ2n) is 4.98. The molecule has 4 nitrogen and oxygen atoms in total. The highest BCUT2D eigenvalue weighted by atomic mass is 32.2. The van der Waals surface area contributed by atoms with Gasteiger partial charge in [-0.05, 0) is 44.3 Å². The molecule has 19 heavy (non-hydrogen) atoms. The standard InChI is InChI=1S/C14H22N2O2S/c17-19(18,14-8-11-15-12-9-14)16-10-4-7-13-5-2-1-3-6-13/h1-3,5-6,14-16H,4,7-12H2. The molecule has 1 saturated heterocycles. The van der Waals surface area contributed by atoms with E-state index < -0.39 is 10.0 Å². The summed E-state index contributed by atoms with van der Waals surface area (Å²) in [5.41, 5.74) is 1.25. The molecule has 1 heterocycles. The molecule has 1 aromatic carbocycles. The van der Waals surface area contributed by atoms with Crippen LogP contribution in [0.4, 0.5) is 0 Å². The van der Waals surface area contributed by atoms with E-state index in [1.54, 1.807) is 0 Å². The number of piperidine rings is 1. The number of rotatable bonds is 6. The lowest BCUT2D eigenvalue weighted by atomic mass is 10.1. The molecule has 0 radical (unpaired) electrons. The third-order valence-electron chi connectivity index (χ3n) is 3.51. The van der Waals surface area contributed by atoms with Crippen molar-refractivity contribution in [2.24, 2.45) is 0 Å². The minimum absolute atomic E-state index is 0.217. The van der Waals surface area contributed by atoms with Crippen molar-refractivity contribution in [3.05, 3.63) is 35.9 Å². The van der Waals surface area contributed by atoms with Crippen molar-refractivity contribution in [2.45, 2.75) is 30.9 Å². The molecule has 0 aromatic heterocycles. The SMILES string of the molecule is O=S(=O)(NCCCc1ccccc1)C1CCNCC1. The first-order valence-electron chi connectivity index (χ1n) is 6.91. The Balaban J connectivity index is 1.72. The zero-order valence-electron chi connectivity index (χ0n) is 11.1. The Bertz CT molecular complexity index is 467. The number of hydrogen-bond acceptors (Lipinski definition) is 3. The summed E-state index contributed by atoms with van der Waals surface area (Å²) in [4.78, 5) is 0. The molecule has 106 valence electrons. The van der Waals surface area contributed by atoms with Crippen molar-refractivity contribution in [1.29, 1.82) is 0 Å². The van der Waals surface area contributed by atoms with E-state index in [1.165, 1.54) is 5.56 Å². The van der Waals surface area contributed by atoms with Gasteiger partial charge in [0.2, 0.25) is 10.0 Å². The van der Waals surface area contributed by atoms with Crippen molar-refractivity contribution < 1.29 is 8.42 Å². The van der Waals surface area contributed by atoms with Gasteiger partial charge in [0.15, 0.2) is 0 Å². The van der Waals surface area contributed by atoms with Crippen molar-refractivity contribution in [3.8, 4) is 0 Å². The van der Waals surface area contributed by atoms with E-state index in [-0.39, 0.29) is 5.25 Å². The van der Waals surface area contributed by atoms with Crippen LogP contribution in [0.25, 0.3) is 0 Å². The molecule has 0 saturated carbocycles. The van der Waals surface area contributed by atoms with Crippen LogP contribution in [0.3, 0.4) is 0 Å². The molecule has 2 N–H and O–H groups in total. The summed E-state index contributed by atoms with van der Waals surface area (Å²) < 4.78 is 26.9. The van der Waals surface area contributed by atoms with Gasteiger partial charge < -0.3 is 5.32 Å². The maximum atomic E-state index is 12.1. The van der Waals surface area contributed by atoms with Crippen LogP contribution in [0.1, 0.15) is 24.8 Å². The van der Waals surface area contributed by atoms with Crippen LogP contribution < -0.4 is 10.0 Å². The molecular formula is C14H22N2O2S. The van der Waals surface area contributed by atoms with Crippen LogP contribution >= 0.6 is 0 Å². The van der Waals surface area contributed by atoms with Crippen LogP contribution in [0, 0.1) is 0 Å². The van der Waals surface area contributed by atoms with Crippen LogP contribution in [-0.4, -0.2) is 33.3 Å². The molecule has 1 aliphatic heterocycles. The number of aryl methyl sites for hydroxylation is 1. The van der Waals surface area contributed by atoms with Gasteiger partial charge in [0, 0.05) is 6.54 Å².